The van der Waals surface area contributed by atoms with Crippen molar-refractivity contribution >= 4 is 17.3 Å². The molecule has 180 valence electrons. The fraction of sp³-hybridized carbons (Fsp3) is 0.370. The molecule has 2 saturated heterocycles. The van der Waals surface area contributed by atoms with E-state index in [0.717, 1.165) is 69.3 Å². The maximum Gasteiger partial charge on any atom is 0.259 e. The Morgan fingerprint density at radius 1 is 1.09 bits per heavy atom. The fourth-order valence-electron chi connectivity index (χ4n) is 5.05. The number of nitrogens with zero attached hydrogens (tertiary/aromatic N) is 5. The molecule has 3 aromatic rings. The van der Waals surface area contributed by atoms with Crippen molar-refractivity contribution in [1.82, 2.24) is 14.7 Å². The molecule has 2 fully saturated rings. The molecule has 1 amide bonds. The number of hydrogen-bond donors (Lipinski definition) is 1. The molecule has 3 heterocycles. The van der Waals surface area contributed by atoms with Gasteiger partial charge in [0.1, 0.15) is 6.07 Å². The van der Waals surface area contributed by atoms with Crippen LogP contribution in [0, 0.1) is 18.3 Å². The largest absolute Gasteiger partial charge is 0.379 e. The average molecular weight is 471 g/mol. The minimum atomic E-state index is -0.243. The first-order chi connectivity index (χ1) is 17.1. The van der Waals surface area contributed by atoms with E-state index in [9.17, 15) is 10.1 Å². The maximum atomic E-state index is 13.0. The van der Waals surface area contributed by atoms with E-state index in [1.54, 1.807) is 16.9 Å². The van der Waals surface area contributed by atoms with E-state index < -0.39 is 0 Å². The Kier molecular flexibility index (Phi) is 6.80. The lowest BCUT2D eigenvalue weighted by molar-refractivity contribution is 0.0115. The van der Waals surface area contributed by atoms with Crippen molar-refractivity contribution < 1.29 is 9.53 Å². The Balaban J connectivity index is 1.26. The lowest BCUT2D eigenvalue weighted by Gasteiger charge is -2.41. The highest BCUT2D eigenvalue weighted by atomic mass is 16.5. The molecule has 0 spiro atoms. The monoisotopic (exact) mass is 470 g/mol. The topological polar surface area (TPSA) is 86.4 Å². The van der Waals surface area contributed by atoms with Crippen LogP contribution in [0.25, 0.3) is 5.69 Å². The fourth-order valence-corrected chi connectivity index (χ4v) is 5.05. The van der Waals surface area contributed by atoms with Crippen LogP contribution in [-0.4, -0.2) is 66.0 Å². The molecule has 2 aromatic carbocycles. The van der Waals surface area contributed by atoms with Crippen LogP contribution in [-0.2, 0) is 4.74 Å². The number of morpholine rings is 1. The van der Waals surface area contributed by atoms with Crippen LogP contribution < -0.4 is 10.2 Å². The van der Waals surface area contributed by atoms with Gasteiger partial charge in [0.2, 0.25) is 0 Å². The van der Waals surface area contributed by atoms with Gasteiger partial charge < -0.3 is 15.0 Å². The first-order valence-corrected chi connectivity index (χ1v) is 12.2. The van der Waals surface area contributed by atoms with Gasteiger partial charge in [-0.05, 0) is 50.1 Å². The third kappa shape index (κ3) is 4.92. The summed E-state index contributed by atoms with van der Waals surface area (Å²) in [7, 11) is 0. The number of benzene rings is 2. The number of nitriles is 1. The minimum Gasteiger partial charge on any atom is -0.379 e. The highest BCUT2D eigenvalue weighted by Crippen LogP contribution is 2.28. The standard InChI is InChI=1S/C27H30N6O2/c1-20-25(19-29-33(20)24-5-3-2-4-6-24)27(34)30-22-7-8-26(21(17-22)18-28)32-11-9-23(10-12-32)31-13-15-35-16-14-31/h2-8,17,19,23H,9-16H2,1H3,(H,30,34). The number of amides is 1. The summed E-state index contributed by atoms with van der Waals surface area (Å²) in [5.41, 5.74) is 4.27. The van der Waals surface area contributed by atoms with Gasteiger partial charge in [-0.3, -0.25) is 9.69 Å². The van der Waals surface area contributed by atoms with Crippen LogP contribution in [0.3, 0.4) is 0 Å². The second-order valence-electron chi connectivity index (χ2n) is 9.06. The number of nitrogens with one attached hydrogen (secondary N) is 1. The van der Waals surface area contributed by atoms with Gasteiger partial charge in [0.05, 0.1) is 47.6 Å². The summed E-state index contributed by atoms with van der Waals surface area (Å²) < 4.78 is 7.23. The van der Waals surface area contributed by atoms with Crippen LogP contribution >= 0.6 is 0 Å². The third-order valence-corrected chi connectivity index (χ3v) is 7.00. The molecule has 2 aliphatic heterocycles. The normalized spacial score (nSPS) is 17.2. The van der Waals surface area contributed by atoms with Crippen LogP contribution in [0.4, 0.5) is 11.4 Å². The number of ether oxygens (including phenoxy) is 1. The highest BCUT2D eigenvalue weighted by molar-refractivity contribution is 6.05. The molecule has 1 N–H and O–H groups in total. The van der Waals surface area contributed by atoms with Gasteiger partial charge in [0, 0.05) is 37.9 Å². The molecular weight excluding hydrogens is 440 g/mol. The second-order valence-corrected chi connectivity index (χ2v) is 9.06. The molecule has 35 heavy (non-hydrogen) atoms. The lowest BCUT2D eigenvalue weighted by Crippen LogP contribution is -2.49. The predicted molar refractivity (Wildman–Crippen MR) is 135 cm³/mol. The summed E-state index contributed by atoms with van der Waals surface area (Å²) in [5.74, 6) is -0.243. The molecule has 1 aromatic heterocycles. The molecule has 8 nitrogen and oxygen atoms in total. The first-order valence-electron chi connectivity index (χ1n) is 12.2. The zero-order chi connectivity index (χ0) is 24.2. The van der Waals surface area contributed by atoms with E-state index in [0.29, 0.717) is 22.9 Å². The van der Waals surface area contributed by atoms with Gasteiger partial charge in [0.15, 0.2) is 0 Å². The highest BCUT2D eigenvalue weighted by Gasteiger charge is 2.27. The van der Waals surface area contributed by atoms with Crippen molar-refractivity contribution in [2.24, 2.45) is 0 Å². The summed E-state index contributed by atoms with van der Waals surface area (Å²) >= 11 is 0. The number of rotatable bonds is 5. The van der Waals surface area contributed by atoms with Crippen molar-refractivity contribution in [2.75, 3.05) is 49.6 Å². The number of carbonyl (C=O) groups excluding carboxylic acids is 1. The molecule has 5 rings (SSSR count). The maximum absolute atomic E-state index is 13.0. The quantitative estimate of drug-likeness (QED) is 0.613. The van der Waals surface area contributed by atoms with E-state index in [4.69, 9.17) is 4.74 Å². The first kappa shape index (κ1) is 23.1. The van der Waals surface area contributed by atoms with E-state index >= 15 is 0 Å². The van der Waals surface area contributed by atoms with E-state index in [2.05, 4.69) is 26.3 Å². The number of piperidine rings is 1. The van der Waals surface area contributed by atoms with Crippen molar-refractivity contribution in [3.8, 4) is 11.8 Å². The SMILES string of the molecule is Cc1c(C(=O)Nc2ccc(N3CCC(N4CCOCC4)CC3)c(C#N)c2)cnn1-c1ccccc1. The lowest BCUT2D eigenvalue weighted by atomic mass is 10.0. The van der Waals surface area contributed by atoms with E-state index in [1.807, 2.05) is 49.4 Å². The van der Waals surface area contributed by atoms with Gasteiger partial charge >= 0.3 is 0 Å². The molecule has 0 radical (unpaired) electrons. The van der Waals surface area contributed by atoms with Crippen molar-refractivity contribution in [3.63, 3.8) is 0 Å². The van der Waals surface area contributed by atoms with Crippen LogP contribution in [0.2, 0.25) is 0 Å². The van der Waals surface area contributed by atoms with Gasteiger partial charge in [-0.15, -0.1) is 0 Å². The average Bonchev–Trinajstić information content (AvgIpc) is 3.31. The summed E-state index contributed by atoms with van der Waals surface area (Å²) in [4.78, 5) is 17.8. The zero-order valence-electron chi connectivity index (χ0n) is 20.0. The van der Waals surface area contributed by atoms with Gasteiger partial charge in [-0.25, -0.2) is 4.68 Å². The smallest absolute Gasteiger partial charge is 0.259 e. The number of anilines is 2. The molecule has 8 heteroatoms. The van der Waals surface area contributed by atoms with Crippen LogP contribution in [0.15, 0.2) is 54.7 Å². The summed E-state index contributed by atoms with van der Waals surface area (Å²) in [5, 5.41) is 17.2. The van der Waals surface area contributed by atoms with Crippen molar-refractivity contribution in [1.29, 1.82) is 5.26 Å². The number of aromatic nitrogens is 2. The Labute approximate surface area is 205 Å². The summed E-state index contributed by atoms with van der Waals surface area (Å²) in [6.45, 7) is 7.36. The zero-order valence-corrected chi connectivity index (χ0v) is 20.0. The molecule has 0 saturated carbocycles. The van der Waals surface area contributed by atoms with E-state index in [1.165, 1.54) is 0 Å². The minimum absolute atomic E-state index is 0.243. The molecular formula is C27H30N6O2. The Morgan fingerprint density at radius 3 is 2.54 bits per heavy atom. The molecule has 0 atom stereocenters. The molecule has 2 aliphatic rings. The summed E-state index contributed by atoms with van der Waals surface area (Å²) in [6, 6.07) is 18.2. The Morgan fingerprint density at radius 2 is 1.83 bits per heavy atom. The van der Waals surface area contributed by atoms with Crippen molar-refractivity contribution in [2.45, 2.75) is 25.8 Å². The van der Waals surface area contributed by atoms with Crippen molar-refractivity contribution in [3.05, 3.63) is 71.5 Å². The van der Waals surface area contributed by atoms with Gasteiger partial charge in [0.25, 0.3) is 5.91 Å². The Hall–Kier alpha value is -3.67. The second kappa shape index (κ2) is 10.3. The van der Waals surface area contributed by atoms with Gasteiger partial charge in [-0.2, -0.15) is 10.4 Å². The third-order valence-electron chi connectivity index (χ3n) is 7.00. The van der Waals surface area contributed by atoms with Crippen LogP contribution in [0.5, 0.6) is 0 Å². The molecule has 0 unspecified atom stereocenters. The molecule has 0 aliphatic carbocycles. The summed E-state index contributed by atoms with van der Waals surface area (Å²) in [6.07, 6.45) is 3.73. The van der Waals surface area contributed by atoms with Crippen LogP contribution in [0.1, 0.15) is 34.5 Å². The predicted octanol–water partition coefficient (Wildman–Crippen LogP) is 3.61. The van der Waals surface area contributed by atoms with E-state index in [-0.39, 0.29) is 5.91 Å². The number of carbonyl (C=O) groups is 1. The van der Waals surface area contributed by atoms with Gasteiger partial charge in [-0.1, -0.05) is 18.2 Å². The molecule has 0 bridgehead atoms. The Bertz CT molecular complexity index is 1220. The number of hydrogen-bond acceptors (Lipinski definition) is 6. The number of para-hydroxylation sites is 1.